The normalized spacial score (nSPS) is 10.5. The topological polar surface area (TPSA) is 26.0 Å². The molecule has 0 aromatic carbocycles. The first-order chi connectivity index (χ1) is 5.35. The molecule has 0 heterocycles. The second kappa shape index (κ2) is 7.07. The van der Waals surface area contributed by atoms with Crippen molar-refractivity contribution in [2.45, 2.75) is 12.8 Å². The lowest BCUT2D eigenvalue weighted by Gasteiger charge is -1.93. The molecule has 0 radical (unpaired) electrons. The molecule has 0 bridgehead atoms. The highest BCUT2D eigenvalue weighted by Gasteiger charge is 1.85. The Morgan fingerprint density at radius 1 is 1.45 bits per heavy atom. The molecule has 11 heavy (non-hydrogen) atoms. The molecule has 0 fully saturated rings. The van der Waals surface area contributed by atoms with Crippen molar-refractivity contribution in [2.24, 2.45) is 5.73 Å². The summed E-state index contributed by atoms with van der Waals surface area (Å²) in [4.78, 5) is 0. The van der Waals surface area contributed by atoms with Crippen LogP contribution in [0.1, 0.15) is 12.8 Å². The van der Waals surface area contributed by atoms with E-state index in [1.807, 2.05) is 12.2 Å². The zero-order valence-corrected chi connectivity index (χ0v) is 6.84. The maximum Gasteiger partial charge on any atom is 0.0181 e. The fraction of sp³-hybridized carbons (Fsp3) is 0.300. The number of rotatable bonds is 5. The van der Waals surface area contributed by atoms with Crippen LogP contribution in [0.4, 0.5) is 0 Å². The molecule has 0 aliphatic carbocycles. The minimum atomic E-state index is 0.555. The molecule has 0 aromatic heterocycles. The lowest BCUT2D eigenvalue weighted by atomic mass is 10.2. The van der Waals surface area contributed by atoms with Gasteiger partial charge in [-0.05, 0) is 24.5 Å². The first-order valence-electron chi connectivity index (χ1n) is 3.71. The Hall–Kier alpha value is -1.04. The fourth-order valence-corrected chi connectivity index (χ4v) is 0.719. The van der Waals surface area contributed by atoms with E-state index in [0.29, 0.717) is 6.54 Å². The van der Waals surface area contributed by atoms with E-state index in [9.17, 15) is 0 Å². The van der Waals surface area contributed by atoms with Gasteiger partial charge < -0.3 is 5.73 Å². The van der Waals surface area contributed by atoms with Gasteiger partial charge >= 0.3 is 0 Å². The number of hydrogen-bond donors (Lipinski definition) is 1. The van der Waals surface area contributed by atoms with E-state index in [1.54, 1.807) is 0 Å². The largest absolute Gasteiger partial charge is 0.326 e. The van der Waals surface area contributed by atoms with Gasteiger partial charge in [0.1, 0.15) is 0 Å². The molecule has 0 atom stereocenters. The van der Waals surface area contributed by atoms with E-state index in [1.165, 1.54) is 0 Å². The zero-order chi connectivity index (χ0) is 8.53. The summed E-state index contributed by atoms with van der Waals surface area (Å²) < 4.78 is 0. The molecule has 0 saturated carbocycles. The highest BCUT2D eigenvalue weighted by molar-refractivity contribution is 5.18. The van der Waals surface area contributed by atoms with Gasteiger partial charge in [0.15, 0.2) is 0 Å². The molecule has 0 rings (SSSR count). The number of allylic oxidation sites excluding steroid dienone is 2. The van der Waals surface area contributed by atoms with Crippen molar-refractivity contribution < 1.29 is 0 Å². The van der Waals surface area contributed by atoms with Crippen molar-refractivity contribution in [2.75, 3.05) is 6.54 Å². The predicted octanol–water partition coefficient (Wildman–Crippen LogP) is 2.18. The standard InChI is InChI=1S/C10H15N/c1-3-5-6-8-10(9-11)7-4-2/h3,7-8H,1-2,5-6,9,11H2/b10-8-. The molecule has 0 aromatic rings. The molecular formula is C10H15N. The van der Waals surface area contributed by atoms with Gasteiger partial charge in [-0.1, -0.05) is 18.7 Å². The van der Waals surface area contributed by atoms with Gasteiger partial charge in [0.05, 0.1) is 0 Å². The Morgan fingerprint density at radius 3 is 2.64 bits per heavy atom. The minimum Gasteiger partial charge on any atom is -0.326 e. The van der Waals surface area contributed by atoms with Crippen molar-refractivity contribution in [1.82, 2.24) is 0 Å². The summed E-state index contributed by atoms with van der Waals surface area (Å²) in [5.41, 5.74) is 9.23. The van der Waals surface area contributed by atoms with Crippen molar-refractivity contribution in [3.63, 3.8) is 0 Å². The van der Waals surface area contributed by atoms with Crippen LogP contribution in [0.15, 0.2) is 42.7 Å². The van der Waals surface area contributed by atoms with E-state index < -0.39 is 0 Å². The SMILES string of the molecule is C=C=C/C(=C/CCC=C)CN. The Bertz CT molecular complexity index is 183. The Balaban J connectivity index is 3.89. The van der Waals surface area contributed by atoms with Crippen LogP contribution < -0.4 is 5.73 Å². The average molecular weight is 149 g/mol. The molecule has 0 aliphatic rings. The molecule has 1 heteroatoms. The van der Waals surface area contributed by atoms with Gasteiger partial charge in [0, 0.05) is 6.54 Å². The quantitative estimate of drug-likeness (QED) is 0.276. The number of hydrogen-bond acceptors (Lipinski definition) is 1. The summed E-state index contributed by atoms with van der Waals surface area (Å²) in [6, 6.07) is 0. The highest BCUT2D eigenvalue weighted by atomic mass is 14.5. The molecular weight excluding hydrogens is 134 g/mol. The smallest absolute Gasteiger partial charge is 0.0181 e. The molecule has 0 aliphatic heterocycles. The van der Waals surface area contributed by atoms with Gasteiger partial charge in [-0.3, -0.25) is 0 Å². The van der Waals surface area contributed by atoms with Crippen LogP contribution in [0, 0.1) is 0 Å². The maximum absolute atomic E-state index is 5.45. The van der Waals surface area contributed by atoms with E-state index in [2.05, 4.69) is 25.0 Å². The summed E-state index contributed by atoms with van der Waals surface area (Å²) in [5, 5.41) is 0. The summed E-state index contributed by atoms with van der Waals surface area (Å²) in [6.45, 7) is 7.67. The van der Waals surface area contributed by atoms with E-state index in [-0.39, 0.29) is 0 Å². The lowest BCUT2D eigenvalue weighted by molar-refractivity contribution is 1.03. The summed E-state index contributed by atoms with van der Waals surface area (Å²) >= 11 is 0. The summed E-state index contributed by atoms with van der Waals surface area (Å²) in [7, 11) is 0. The zero-order valence-electron chi connectivity index (χ0n) is 6.84. The van der Waals surface area contributed by atoms with Gasteiger partial charge in [-0.25, -0.2) is 0 Å². The third-order valence-corrected chi connectivity index (χ3v) is 1.30. The fourth-order valence-electron chi connectivity index (χ4n) is 0.719. The third-order valence-electron chi connectivity index (χ3n) is 1.30. The molecule has 1 nitrogen and oxygen atoms in total. The minimum absolute atomic E-state index is 0.555. The Labute approximate surface area is 68.6 Å². The van der Waals surface area contributed by atoms with E-state index in [4.69, 9.17) is 5.73 Å². The van der Waals surface area contributed by atoms with Crippen LogP contribution in [0.2, 0.25) is 0 Å². The van der Waals surface area contributed by atoms with Crippen molar-refractivity contribution in [3.8, 4) is 0 Å². The van der Waals surface area contributed by atoms with Crippen LogP contribution in [0.25, 0.3) is 0 Å². The van der Waals surface area contributed by atoms with Crippen molar-refractivity contribution in [1.29, 1.82) is 0 Å². The second-order valence-electron chi connectivity index (χ2n) is 2.20. The molecule has 60 valence electrons. The molecule has 0 spiro atoms. The van der Waals surface area contributed by atoms with Crippen LogP contribution in [0.5, 0.6) is 0 Å². The summed E-state index contributed by atoms with van der Waals surface area (Å²) in [6.07, 6.45) is 7.77. The Kier molecular flexibility index (Phi) is 6.40. The van der Waals surface area contributed by atoms with Gasteiger partial charge in [0.2, 0.25) is 0 Å². The van der Waals surface area contributed by atoms with Gasteiger partial charge in [0.25, 0.3) is 0 Å². The van der Waals surface area contributed by atoms with E-state index >= 15 is 0 Å². The molecule has 0 unspecified atom stereocenters. The van der Waals surface area contributed by atoms with Crippen LogP contribution >= 0.6 is 0 Å². The van der Waals surface area contributed by atoms with Gasteiger partial charge in [-0.2, -0.15) is 0 Å². The third kappa shape index (κ3) is 5.41. The highest BCUT2D eigenvalue weighted by Crippen LogP contribution is 1.98. The van der Waals surface area contributed by atoms with Crippen LogP contribution in [0.3, 0.4) is 0 Å². The van der Waals surface area contributed by atoms with Crippen LogP contribution in [-0.2, 0) is 0 Å². The van der Waals surface area contributed by atoms with Crippen molar-refractivity contribution >= 4 is 0 Å². The van der Waals surface area contributed by atoms with Crippen LogP contribution in [-0.4, -0.2) is 6.54 Å². The lowest BCUT2D eigenvalue weighted by Crippen LogP contribution is -2.00. The molecule has 2 N–H and O–H groups in total. The Morgan fingerprint density at radius 2 is 2.18 bits per heavy atom. The first-order valence-corrected chi connectivity index (χ1v) is 3.71. The second-order valence-corrected chi connectivity index (χ2v) is 2.20. The first kappa shape index (κ1) is 9.96. The maximum atomic E-state index is 5.45. The molecule has 0 saturated heterocycles. The predicted molar refractivity (Wildman–Crippen MR) is 50.3 cm³/mol. The average Bonchev–Trinajstić information content (AvgIpc) is 2.03. The number of unbranched alkanes of at least 4 members (excludes halogenated alkanes) is 1. The number of nitrogens with two attached hydrogens (primary N) is 1. The van der Waals surface area contributed by atoms with Crippen molar-refractivity contribution in [3.05, 3.63) is 42.7 Å². The molecule has 0 amide bonds. The summed E-state index contributed by atoms with van der Waals surface area (Å²) in [5.74, 6) is 0. The van der Waals surface area contributed by atoms with Gasteiger partial charge in [-0.15, -0.1) is 12.3 Å². The van der Waals surface area contributed by atoms with E-state index in [0.717, 1.165) is 18.4 Å². The monoisotopic (exact) mass is 149 g/mol.